The summed E-state index contributed by atoms with van der Waals surface area (Å²) in [6.45, 7) is 4.27. The van der Waals surface area contributed by atoms with Crippen LogP contribution in [0.25, 0.3) is 0 Å². The van der Waals surface area contributed by atoms with E-state index in [2.05, 4.69) is 26.8 Å². The minimum atomic E-state index is 0.341. The highest BCUT2D eigenvalue weighted by atomic mass is 32.2. The van der Waals surface area contributed by atoms with Gasteiger partial charge in [-0.15, -0.1) is 0 Å². The van der Waals surface area contributed by atoms with Crippen molar-refractivity contribution in [3.05, 3.63) is 0 Å². The number of rotatable bonds is 6. The molecule has 0 amide bonds. The van der Waals surface area contributed by atoms with Gasteiger partial charge in [0.05, 0.1) is 0 Å². The predicted molar refractivity (Wildman–Crippen MR) is 80.6 cm³/mol. The summed E-state index contributed by atoms with van der Waals surface area (Å²) in [6, 6.07) is 0. The third-order valence-corrected chi connectivity index (χ3v) is 4.17. The first-order chi connectivity index (χ1) is 9.29. The van der Waals surface area contributed by atoms with Gasteiger partial charge >= 0.3 is 0 Å². The van der Waals surface area contributed by atoms with Crippen molar-refractivity contribution in [2.45, 2.75) is 50.6 Å². The van der Waals surface area contributed by atoms with Gasteiger partial charge in [-0.2, -0.15) is 15.0 Å². The molecule has 0 aromatic carbocycles. The zero-order valence-corrected chi connectivity index (χ0v) is 12.5. The van der Waals surface area contributed by atoms with Crippen LogP contribution in [0.4, 0.5) is 11.9 Å². The fraction of sp³-hybridized carbons (Fsp3) is 0.769. The molecule has 19 heavy (non-hydrogen) atoms. The van der Waals surface area contributed by atoms with E-state index >= 15 is 0 Å². The van der Waals surface area contributed by atoms with Crippen molar-refractivity contribution in [3.8, 4) is 0 Å². The van der Waals surface area contributed by atoms with E-state index in [0.29, 0.717) is 5.95 Å². The number of hydrogen-bond acceptors (Lipinski definition) is 6. The normalized spacial score (nSPS) is 15.7. The van der Waals surface area contributed by atoms with E-state index in [4.69, 9.17) is 5.73 Å². The second-order valence-corrected chi connectivity index (χ2v) is 5.94. The molecule has 0 radical (unpaired) electrons. The molecule has 0 atom stereocenters. The van der Waals surface area contributed by atoms with Crippen LogP contribution in [0.15, 0.2) is 5.16 Å². The average Bonchev–Trinajstić information content (AvgIpc) is 2.44. The third kappa shape index (κ3) is 4.53. The minimum Gasteiger partial charge on any atom is -0.368 e. The molecule has 0 saturated carbocycles. The smallest absolute Gasteiger partial charge is 0.231 e. The fourth-order valence-corrected chi connectivity index (χ4v) is 3.01. The molecule has 0 aliphatic carbocycles. The lowest BCUT2D eigenvalue weighted by Gasteiger charge is -2.26. The van der Waals surface area contributed by atoms with Gasteiger partial charge in [0.2, 0.25) is 11.9 Å². The Balaban J connectivity index is 1.97. The van der Waals surface area contributed by atoms with E-state index in [1.165, 1.54) is 38.5 Å². The van der Waals surface area contributed by atoms with Crippen LogP contribution in [0, 0.1) is 0 Å². The van der Waals surface area contributed by atoms with Crippen LogP contribution in [0.3, 0.4) is 0 Å². The molecule has 0 unspecified atom stereocenters. The molecule has 0 spiro atoms. The van der Waals surface area contributed by atoms with E-state index in [0.717, 1.165) is 29.9 Å². The summed E-state index contributed by atoms with van der Waals surface area (Å²) < 4.78 is 0. The highest BCUT2D eigenvalue weighted by molar-refractivity contribution is 7.99. The van der Waals surface area contributed by atoms with E-state index in [9.17, 15) is 0 Å². The number of nitrogens with two attached hydrogens (primary N) is 1. The van der Waals surface area contributed by atoms with Gasteiger partial charge in [0.25, 0.3) is 0 Å². The molecule has 0 bridgehead atoms. The summed E-state index contributed by atoms with van der Waals surface area (Å²) in [5, 5.41) is 0.768. The van der Waals surface area contributed by atoms with E-state index in [1.54, 1.807) is 11.8 Å². The average molecular weight is 281 g/mol. The number of anilines is 2. The van der Waals surface area contributed by atoms with Crippen LogP contribution in [-0.2, 0) is 0 Å². The minimum absolute atomic E-state index is 0.341. The Labute approximate surface area is 119 Å². The molecule has 1 aromatic rings. The lowest BCUT2D eigenvalue weighted by molar-refractivity contribution is 0.565. The van der Waals surface area contributed by atoms with Crippen molar-refractivity contribution < 1.29 is 0 Å². The van der Waals surface area contributed by atoms with Crippen LogP contribution in [0.5, 0.6) is 0 Å². The second kappa shape index (κ2) is 7.53. The third-order valence-electron chi connectivity index (χ3n) is 3.24. The lowest BCUT2D eigenvalue weighted by Crippen LogP contribution is -2.31. The highest BCUT2D eigenvalue weighted by Crippen LogP contribution is 2.21. The van der Waals surface area contributed by atoms with Gasteiger partial charge in [-0.25, -0.2) is 0 Å². The van der Waals surface area contributed by atoms with Crippen molar-refractivity contribution in [2.75, 3.05) is 29.5 Å². The Hall–Kier alpha value is -1.04. The van der Waals surface area contributed by atoms with E-state index < -0.39 is 0 Å². The SMILES string of the molecule is CCCCCSc1nc(N)nc(N2CCCCC2)n1. The molecule has 2 heterocycles. The second-order valence-electron chi connectivity index (χ2n) is 4.88. The predicted octanol–water partition coefficient (Wildman–Crippen LogP) is 2.73. The molecule has 1 aromatic heterocycles. The summed E-state index contributed by atoms with van der Waals surface area (Å²) in [7, 11) is 0. The van der Waals surface area contributed by atoms with Gasteiger partial charge in [-0.1, -0.05) is 31.5 Å². The highest BCUT2D eigenvalue weighted by Gasteiger charge is 2.15. The summed E-state index contributed by atoms with van der Waals surface area (Å²) in [6.07, 6.45) is 7.42. The van der Waals surface area contributed by atoms with Crippen LogP contribution in [0.2, 0.25) is 0 Å². The molecule has 6 heteroatoms. The monoisotopic (exact) mass is 281 g/mol. The van der Waals surface area contributed by atoms with Crippen molar-refractivity contribution in [1.29, 1.82) is 0 Å². The first kappa shape index (κ1) is 14.4. The molecule has 106 valence electrons. The number of nitrogens with zero attached hydrogens (tertiary/aromatic N) is 4. The number of thioether (sulfide) groups is 1. The van der Waals surface area contributed by atoms with Crippen LogP contribution in [0.1, 0.15) is 45.4 Å². The fourth-order valence-electron chi connectivity index (χ4n) is 2.18. The van der Waals surface area contributed by atoms with Crippen molar-refractivity contribution in [1.82, 2.24) is 15.0 Å². The number of piperidine rings is 1. The Morgan fingerprint density at radius 2 is 1.89 bits per heavy atom. The van der Waals surface area contributed by atoms with Gasteiger partial charge in [-0.05, 0) is 25.7 Å². The number of unbranched alkanes of at least 4 members (excludes halogenated alkanes) is 2. The van der Waals surface area contributed by atoms with Crippen LogP contribution >= 0.6 is 11.8 Å². The molecular weight excluding hydrogens is 258 g/mol. The summed E-state index contributed by atoms with van der Waals surface area (Å²) in [5.74, 6) is 2.15. The molecule has 2 rings (SSSR count). The first-order valence-corrected chi connectivity index (χ1v) is 8.17. The van der Waals surface area contributed by atoms with Gasteiger partial charge in [0, 0.05) is 18.8 Å². The van der Waals surface area contributed by atoms with Gasteiger partial charge in [0.15, 0.2) is 5.16 Å². The number of hydrogen-bond donors (Lipinski definition) is 1. The largest absolute Gasteiger partial charge is 0.368 e. The maximum atomic E-state index is 5.79. The number of nitrogen functional groups attached to an aromatic ring is 1. The first-order valence-electron chi connectivity index (χ1n) is 7.19. The topological polar surface area (TPSA) is 67.9 Å². The summed E-state index contributed by atoms with van der Waals surface area (Å²) >= 11 is 1.68. The van der Waals surface area contributed by atoms with Crippen LogP contribution in [-0.4, -0.2) is 33.8 Å². The van der Waals surface area contributed by atoms with Gasteiger partial charge in [-0.3, -0.25) is 0 Å². The molecular formula is C13H23N5S. The molecule has 1 saturated heterocycles. The maximum Gasteiger partial charge on any atom is 0.231 e. The van der Waals surface area contributed by atoms with E-state index in [-0.39, 0.29) is 0 Å². The van der Waals surface area contributed by atoms with Gasteiger partial charge < -0.3 is 10.6 Å². The molecule has 1 fully saturated rings. The summed E-state index contributed by atoms with van der Waals surface area (Å²) in [5.41, 5.74) is 5.79. The summed E-state index contributed by atoms with van der Waals surface area (Å²) in [4.78, 5) is 15.2. The molecule has 1 aliphatic heterocycles. The Morgan fingerprint density at radius 1 is 1.11 bits per heavy atom. The van der Waals surface area contributed by atoms with Crippen LogP contribution < -0.4 is 10.6 Å². The van der Waals surface area contributed by atoms with Gasteiger partial charge in [0.1, 0.15) is 0 Å². The van der Waals surface area contributed by atoms with Crippen molar-refractivity contribution >= 4 is 23.7 Å². The quantitative estimate of drug-likeness (QED) is 0.639. The zero-order chi connectivity index (χ0) is 13.5. The van der Waals surface area contributed by atoms with Crippen molar-refractivity contribution in [2.24, 2.45) is 0 Å². The lowest BCUT2D eigenvalue weighted by atomic mass is 10.1. The standard InChI is InChI=1S/C13H23N5S/c1-2-3-7-10-19-13-16-11(14)15-12(17-13)18-8-5-4-6-9-18/h2-10H2,1H3,(H2,14,15,16,17). The molecule has 2 N–H and O–H groups in total. The molecule has 5 nitrogen and oxygen atoms in total. The maximum absolute atomic E-state index is 5.79. The van der Waals surface area contributed by atoms with E-state index in [1.807, 2.05) is 0 Å². The Kier molecular flexibility index (Phi) is 5.69. The van der Waals surface area contributed by atoms with Crippen molar-refractivity contribution in [3.63, 3.8) is 0 Å². The molecule has 1 aliphatic rings. The Morgan fingerprint density at radius 3 is 2.63 bits per heavy atom. The zero-order valence-electron chi connectivity index (χ0n) is 11.6. The Bertz CT molecular complexity index is 393. The number of aromatic nitrogens is 3.